The molecule has 1 aliphatic heterocycles. The van der Waals surface area contributed by atoms with Crippen LogP contribution in [-0.4, -0.2) is 12.5 Å². The van der Waals surface area contributed by atoms with E-state index in [0.29, 0.717) is 11.5 Å². The average molecular weight is 111 g/mol. The first-order valence-corrected chi connectivity index (χ1v) is 2.69. The van der Waals surface area contributed by atoms with E-state index in [4.69, 9.17) is 0 Å². The second-order valence-electron chi connectivity index (χ2n) is 2.14. The molecule has 0 aliphatic carbocycles. The largest absolute Gasteiger partial charge is 0.352 e. The molecular weight excluding hydrogens is 102 g/mol. The number of carbonyl (C=O) groups excluding carboxylic acids is 1. The molecule has 8 heavy (non-hydrogen) atoms. The van der Waals surface area contributed by atoms with Gasteiger partial charge in [-0.1, -0.05) is 13.5 Å². The zero-order valence-electron chi connectivity index (χ0n) is 4.90. The molecule has 0 aromatic rings. The summed E-state index contributed by atoms with van der Waals surface area (Å²) < 4.78 is 0. The van der Waals surface area contributed by atoms with Crippen molar-refractivity contribution in [1.82, 2.24) is 5.32 Å². The van der Waals surface area contributed by atoms with E-state index in [9.17, 15) is 4.79 Å². The van der Waals surface area contributed by atoms with Crippen molar-refractivity contribution in [3.05, 3.63) is 12.2 Å². The Balaban J connectivity index is 2.71. The molecule has 0 saturated carbocycles. The van der Waals surface area contributed by atoms with Gasteiger partial charge in [0.05, 0.1) is 0 Å². The summed E-state index contributed by atoms with van der Waals surface area (Å²) in [6.45, 7) is 6.35. The molecule has 0 unspecified atom stereocenters. The maximum atomic E-state index is 10.6. The molecule has 1 saturated heterocycles. The van der Waals surface area contributed by atoms with Crippen LogP contribution in [0.3, 0.4) is 0 Å². The van der Waals surface area contributed by atoms with Crippen LogP contribution in [0.15, 0.2) is 12.2 Å². The zero-order valence-corrected chi connectivity index (χ0v) is 4.90. The molecule has 2 heteroatoms. The van der Waals surface area contributed by atoms with Gasteiger partial charge in [-0.05, 0) is 0 Å². The maximum absolute atomic E-state index is 10.6. The molecule has 0 radical (unpaired) electrons. The SMILES string of the molecule is C=C1C(=O)NC[C@@H]1C. The quantitative estimate of drug-likeness (QED) is 0.448. The summed E-state index contributed by atoms with van der Waals surface area (Å²) in [5.41, 5.74) is 0.713. The third-order valence-corrected chi connectivity index (χ3v) is 1.46. The van der Waals surface area contributed by atoms with Crippen LogP contribution in [0.1, 0.15) is 6.92 Å². The van der Waals surface area contributed by atoms with Crippen LogP contribution < -0.4 is 5.32 Å². The van der Waals surface area contributed by atoms with Gasteiger partial charge in [-0.3, -0.25) is 4.79 Å². The number of nitrogens with one attached hydrogen (secondary N) is 1. The Kier molecular flexibility index (Phi) is 1.08. The summed E-state index contributed by atoms with van der Waals surface area (Å²) in [4.78, 5) is 10.6. The van der Waals surface area contributed by atoms with Gasteiger partial charge in [0.15, 0.2) is 0 Å². The number of hydrogen-bond donors (Lipinski definition) is 1. The van der Waals surface area contributed by atoms with Crippen LogP contribution >= 0.6 is 0 Å². The lowest BCUT2D eigenvalue weighted by molar-refractivity contribution is -0.116. The third-order valence-electron chi connectivity index (χ3n) is 1.46. The van der Waals surface area contributed by atoms with Crippen LogP contribution in [-0.2, 0) is 4.79 Å². The first-order valence-electron chi connectivity index (χ1n) is 2.69. The molecule has 0 aromatic heterocycles. The van der Waals surface area contributed by atoms with Crippen molar-refractivity contribution >= 4 is 5.91 Å². The Labute approximate surface area is 48.6 Å². The lowest BCUT2D eigenvalue weighted by Crippen LogP contribution is -2.13. The Hall–Kier alpha value is -0.790. The second-order valence-corrected chi connectivity index (χ2v) is 2.14. The van der Waals surface area contributed by atoms with Gasteiger partial charge in [0.2, 0.25) is 5.91 Å². The van der Waals surface area contributed by atoms with E-state index < -0.39 is 0 Å². The molecule has 1 atom stereocenters. The third kappa shape index (κ3) is 0.619. The van der Waals surface area contributed by atoms with Crippen molar-refractivity contribution in [1.29, 1.82) is 0 Å². The Morgan fingerprint density at radius 2 is 2.50 bits per heavy atom. The lowest BCUT2D eigenvalue weighted by atomic mass is 10.1. The number of rotatable bonds is 0. The van der Waals surface area contributed by atoms with E-state index in [1.165, 1.54) is 0 Å². The molecule has 1 heterocycles. The summed E-state index contributed by atoms with van der Waals surface area (Å²) >= 11 is 0. The highest BCUT2D eigenvalue weighted by Crippen LogP contribution is 2.12. The van der Waals surface area contributed by atoms with Crippen molar-refractivity contribution in [2.75, 3.05) is 6.54 Å². The predicted octanol–water partition coefficient (Wildman–Crippen LogP) is 0.308. The molecule has 1 N–H and O–H groups in total. The smallest absolute Gasteiger partial charge is 0.246 e. The van der Waals surface area contributed by atoms with Crippen LogP contribution in [0.4, 0.5) is 0 Å². The van der Waals surface area contributed by atoms with Crippen molar-refractivity contribution in [3.63, 3.8) is 0 Å². The molecule has 1 aliphatic rings. The molecule has 1 fully saturated rings. The maximum Gasteiger partial charge on any atom is 0.246 e. The van der Waals surface area contributed by atoms with Gasteiger partial charge in [-0.25, -0.2) is 0 Å². The molecule has 44 valence electrons. The van der Waals surface area contributed by atoms with Crippen molar-refractivity contribution in [3.8, 4) is 0 Å². The fourth-order valence-electron chi connectivity index (χ4n) is 0.706. The predicted molar refractivity (Wildman–Crippen MR) is 31.3 cm³/mol. The van der Waals surface area contributed by atoms with E-state index in [2.05, 4.69) is 11.9 Å². The van der Waals surface area contributed by atoms with Crippen LogP contribution in [0.5, 0.6) is 0 Å². The van der Waals surface area contributed by atoms with Crippen LogP contribution in [0, 0.1) is 5.92 Å². The molecular formula is C6H9NO. The highest BCUT2D eigenvalue weighted by atomic mass is 16.2. The average Bonchev–Trinajstić information content (AvgIpc) is 1.98. The normalized spacial score (nSPS) is 28.4. The van der Waals surface area contributed by atoms with Gasteiger partial charge in [-0.15, -0.1) is 0 Å². The van der Waals surface area contributed by atoms with Crippen LogP contribution in [0.25, 0.3) is 0 Å². The minimum absolute atomic E-state index is 0.0116. The molecule has 0 bridgehead atoms. The summed E-state index contributed by atoms with van der Waals surface area (Å²) in [6, 6.07) is 0. The fourth-order valence-corrected chi connectivity index (χ4v) is 0.706. The Morgan fingerprint density at radius 3 is 2.62 bits per heavy atom. The zero-order chi connectivity index (χ0) is 6.15. The highest BCUT2D eigenvalue weighted by molar-refractivity contribution is 5.95. The number of amides is 1. The van der Waals surface area contributed by atoms with Crippen molar-refractivity contribution < 1.29 is 4.79 Å². The monoisotopic (exact) mass is 111 g/mol. The Morgan fingerprint density at radius 1 is 1.88 bits per heavy atom. The fraction of sp³-hybridized carbons (Fsp3) is 0.500. The first kappa shape index (κ1) is 5.35. The van der Waals surface area contributed by atoms with E-state index in [-0.39, 0.29) is 5.91 Å². The van der Waals surface area contributed by atoms with E-state index in [1.807, 2.05) is 6.92 Å². The van der Waals surface area contributed by atoms with Gasteiger partial charge < -0.3 is 5.32 Å². The number of hydrogen-bond acceptors (Lipinski definition) is 1. The summed E-state index contributed by atoms with van der Waals surface area (Å²) in [7, 11) is 0. The second kappa shape index (κ2) is 1.62. The molecule has 0 aromatic carbocycles. The topological polar surface area (TPSA) is 29.1 Å². The summed E-state index contributed by atoms with van der Waals surface area (Å²) in [5.74, 6) is 0.347. The van der Waals surface area contributed by atoms with Gasteiger partial charge in [0, 0.05) is 18.0 Å². The standard InChI is InChI=1S/C6H9NO/c1-4-3-7-6(8)5(4)2/h4H,2-3H2,1H3,(H,7,8)/t4-/m0/s1. The van der Waals surface area contributed by atoms with Crippen molar-refractivity contribution in [2.24, 2.45) is 5.92 Å². The van der Waals surface area contributed by atoms with Gasteiger partial charge >= 0.3 is 0 Å². The first-order chi connectivity index (χ1) is 3.72. The van der Waals surface area contributed by atoms with E-state index in [0.717, 1.165) is 6.54 Å². The minimum Gasteiger partial charge on any atom is -0.352 e. The molecule has 1 rings (SSSR count). The lowest BCUT2D eigenvalue weighted by Gasteiger charge is -1.93. The van der Waals surface area contributed by atoms with E-state index >= 15 is 0 Å². The minimum atomic E-state index is 0.0116. The highest BCUT2D eigenvalue weighted by Gasteiger charge is 2.21. The van der Waals surface area contributed by atoms with Crippen molar-refractivity contribution in [2.45, 2.75) is 6.92 Å². The summed E-state index contributed by atoms with van der Waals surface area (Å²) in [5, 5.41) is 2.68. The molecule has 2 nitrogen and oxygen atoms in total. The number of carbonyl (C=O) groups is 1. The van der Waals surface area contributed by atoms with Gasteiger partial charge in [0.1, 0.15) is 0 Å². The summed E-state index contributed by atoms with van der Waals surface area (Å²) in [6.07, 6.45) is 0. The Bertz CT molecular complexity index is 139. The van der Waals surface area contributed by atoms with E-state index in [1.54, 1.807) is 0 Å². The molecule has 0 spiro atoms. The molecule has 1 amide bonds. The van der Waals surface area contributed by atoms with Crippen LogP contribution in [0.2, 0.25) is 0 Å². The van der Waals surface area contributed by atoms with Gasteiger partial charge in [-0.2, -0.15) is 0 Å². The van der Waals surface area contributed by atoms with Gasteiger partial charge in [0.25, 0.3) is 0 Å².